The molecule has 1 aromatic rings. The predicted octanol–water partition coefficient (Wildman–Crippen LogP) is -0.131. The molecule has 1 aromatic heterocycles. The Balaban J connectivity index is 2.01. The summed E-state index contributed by atoms with van der Waals surface area (Å²) >= 11 is 0. The van der Waals surface area contributed by atoms with Crippen LogP contribution in [-0.2, 0) is 6.54 Å². The van der Waals surface area contributed by atoms with E-state index >= 15 is 0 Å². The molecule has 7 nitrogen and oxygen atoms in total. The van der Waals surface area contributed by atoms with Gasteiger partial charge in [-0.2, -0.15) is 0 Å². The van der Waals surface area contributed by atoms with Crippen LogP contribution in [0.5, 0.6) is 0 Å². The summed E-state index contributed by atoms with van der Waals surface area (Å²) in [4.78, 5) is 21.6. The minimum absolute atomic E-state index is 0.0558. The number of pyridine rings is 1. The summed E-state index contributed by atoms with van der Waals surface area (Å²) in [6.07, 6.45) is 2.94. The zero-order chi connectivity index (χ0) is 13.1. The van der Waals surface area contributed by atoms with Crippen LogP contribution in [0.1, 0.15) is 12.8 Å². The van der Waals surface area contributed by atoms with Gasteiger partial charge < -0.3 is 15.0 Å². The lowest BCUT2D eigenvalue weighted by Crippen LogP contribution is -2.34. The normalized spacial score (nSPS) is 16.5. The molecule has 1 unspecified atom stereocenters. The van der Waals surface area contributed by atoms with E-state index in [1.165, 1.54) is 12.3 Å². The van der Waals surface area contributed by atoms with Crippen LogP contribution in [0.4, 0.5) is 5.69 Å². The third kappa shape index (κ3) is 3.14. The molecule has 0 aliphatic heterocycles. The number of hydrogen-bond acceptors (Lipinski definition) is 5. The molecule has 0 amide bonds. The van der Waals surface area contributed by atoms with Gasteiger partial charge in [0, 0.05) is 24.8 Å². The highest BCUT2D eigenvalue weighted by Crippen LogP contribution is 2.18. The topological polar surface area (TPSA) is 97.4 Å². The molecule has 1 atom stereocenters. The van der Waals surface area contributed by atoms with Crippen molar-refractivity contribution in [3.05, 3.63) is 38.8 Å². The van der Waals surface area contributed by atoms with Gasteiger partial charge in [-0.05, 0) is 18.9 Å². The second kappa shape index (κ2) is 5.28. The Morgan fingerprint density at radius 1 is 1.61 bits per heavy atom. The van der Waals surface area contributed by atoms with Crippen molar-refractivity contribution < 1.29 is 10.0 Å². The first kappa shape index (κ1) is 12.7. The van der Waals surface area contributed by atoms with Crippen molar-refractivity contribution in [2.45, 2.75) is 31.5 Å². The number of nitro groups is 1. The monoisotopic (exact) mass is 253 g/mol. The standard InChI is InChI=1S/C11H15N3O4/c15-9(6-12-8-3-4-8)7-13-5-1-2-10(11(13)16)14(17)18/h1-2,5,8-9,12,15H,3-4,6-7H2. The molecule has 7 heteroatoms. The SMILES string of the molecule is O=c1c([N+](=O)[O-])cccn1CC(O)CNC1CC1. The van der Waals surface area contributed by atoms with E-state index in [-0.39, 0.29) is 6.54 Å². The zero-order valence-corrected chi connectivity index (χ0v) is 9.78. The highest BCUT2D eigenvalue weighted by atomic mass is 16.6. The second-order valence-corrected chi connectivity index (χ2v) is 4.44. The zero-order valence-electron chi connectivity index (χ0n) is 9.78. The predicted molar refractivity (Wildman–Crippen MR) is 64.4 cm³/mol. The van der Waals surface area contributed by atoms with Crippen molar-refractivity contribution in [3.8, 4) is 0 Å². The molecular formula is C11H15N3O4. The van der Waals surface area contributed by atoms with E-state index in [4.69, 9.17) is 0 Å². The summed E-state index contributed by atoms with van der Waals surface area (Å²) in [6.45, 7) is 0.444. The molecule has 1 aliphatic carbocycles. The van der Waals surface area contributed by atoms with Gasteiger partial charge in [0.2, 0.25) is 0 Å². The molecule has 0 aromatic carbocycles. The van der Waals surface area contributed by atoms with Crippen molar-refractivity contribution in [3.63, 3.8) is 0 Å². The highest BCUT2D eigenvalue weighted by molar-refractivity contribution is 5.25. The van der Waals surface area contributed by atoms with Gasteiger partial charge in [0.15, 0.2) is 0 Å². The number of nitrogens with one attached hydrogen (secondary N) is 1. The van der Waals surface area contributed by atoms with Crippen LogP contribution >= 0.6 is 0 Å². The molecular weight excluding hydrogens is 238 g/mol. The Bertz CT molecular complexity index is 495. The van der Waals surface area contributed by atoms with Crippen LogP contribution in [0.25, 0.3) is 0 Å². The molecule has 0 saturated heterocycles. The van der Waals surface area contributed by atoms with Gasteiger partial charge in [-0.15, -0.1) is 0 Å². The molecule has 1 fully saturated rings. The Kier molecular flexibility index (Phi) is 3.73. The summed E-state index contributed by atoms with van der Waals surface area (Å²) in [5.74, 6) is 0. The van der Waals surface area contributed by atoms with Crippen LogP contribution < -0.4 is 10.9 Å². The Hall–Kier alpha value is -1.73. The van der Waals surface area contributed by atoms with Crippen molar-refractivity contribution in [1.29, 1.82) is 0 Å². The van der Waals surface area contributed by atoms with E-state index in [1.807, 2.05) is 0 Å². The quantitative estimate of drug-likeness (QED) is 0.543. The first-order valence-corrected chi connectivity index (χ1v) is 5.83. The molecule has 0 bridgehead atoms. The fourth-order valence-corrected chi connectivity index (χ4v) is 1.69. The summed E-state index contributed by atoms with van der Waals surface area (Å²) in [5.41, 5.74) is -1.16. The van der Waals surface area contributed by atoms with Gasteiger partial charge >= 0.3 is 11.2 Å². The first-order chi connectivity index (χ1) is 8.58. The van der Waals surface area contributed by atoms with E-state index in [9.17, 15) is 20.0 Å². The summed E-state index contributed by atoms with van der Waals surface area (Å²) in [6, 6.07) is 3.07. The van der Waals surface area contributed by atoms with E-state index in [0.717, 1.165) is 23.5 Å². The number of aliphatic hydroxyl groups is 1. The Morgan fingerprint density at radius 3 is 2.94 bits per heavy atom. The van der Waals surface area contributed by atoms with Crippen molar-refractivity contribution >= 4 is 5.69 Å². The first-order valence-electron chi connectivity index (χ1n) is 5.83. The molecule has 1 heterocycles. The Morgan fingerprint density at radius 2 is 2.33 bits per heavy atom. The van der Waals surface area contributed by atoms with Crippen LogP contribution in [-0.4, -0.2) is 33.3 Å². The average Bonchev–Trinajstić information content (AvgIpc) is 3.13. The van der Waals surface area contributed by atoms with Gasteiger partial charge in [0.1, 0.15) is 0 Å². The van der Waals surface area contributed by atoms with Gasteiger partial charge in [0.25, 0.3) is 0 Å². The number of aromatic nitrogens is 1. The van der Waals surface area contributed by atoms with Crippen LogP contribution in [0.15, 0.2) is 23.1 Å². The maximum absolute atomic E-state index is 11.7. The molecule has 18 heavy (non-hydrogen) atoms. The second-order valence-electron chi connectivity index (χ2n) is 4.44. The minimum Gasteiger partial charge on any atom is -0.390 e. The number of hydrogen-bond donors (Lipinski definition) is 2. The lowest BCUT2D eigenvalue weighted by atomic mass is 10.3. The molecule has 1 saturated carbocycles. The molecule has 0 spiro atoms. The average molecular weight is 253 g/mol. The van der Waals surface area contributed by atoms with Gasteiger partial charge in [-0.1, -0.05) is 0 Å². The summed E-state index contributed by atoms with van der Waals surface area (Å²) in [7, 11) is 0. The summed E-state index contributed by atoms with van der Waals surface area (Å²) in [5, 5.41) is 23.5. The number of nitrogens with zero attached hydrogens (tertiary/aromatic N) is 2. The fourth-order valence-electron chi connectivity index (χ4n) is 1.69. The lowest BCUT2D eigenvalue weighted by Gasteiger charge is -2.12. The van der Waals surface area contributed by atoms with Crippen LogP contribution in [0.3, 0.4) is 0 Å². The number of rotatable bonds is 6. The molecule has 98 valence electrons. The van der Waals surface area contributed by atoms with E-state index in [2.05, 4.69) is 5.32 Å². The highest BCUT2D eigenvalue weighted by Gasteiger charge is 2.22. The largest absolute Gasteiger partial charge is 0.390 e. The van der Waals surface area contributed by atoms with Crippen LogP contribution in [0, 0.1) is 10.1 Å². The molecule has 2 rings (SSSR count). The van der Waals surface area contributed by atoms with Gasteiger partial charge in [-0.25, -0.2) is 0 Å². The molecule has 2 N–H and O–H groups in total. The molecule has 0 radical (unpaired) electrons. The lowest BCUT2D eigenvalue weighted by molar-refractivity contribution is -0.386. The van der Waals surface area contributed by atoms with Crippen molar-refractivity contribution in [2.75, 3.05) is 6.54 Å². The third-order valence-corrected chi connectivity index (χ3v) is 2.82. The maximum Gasteiger partial charge on any atom is 0.334 e. The third-order valence-electron chi connectivity index (χ3n) is 2.82. The minimum atomic E-state index is -0.731. The van der Waals surface area contributed by atoms with E-state index in [0.29, 0.717) is 12.6 Å². The fraction of sp³-hybridized carbons (Fsp3) is 0.545. The van der Waals surface area contributed by atoms with Crippen LogP contribution in [0.2, 0.25) is 0 Å². The van der Waals surface area contributed by atoms with Gasteiger partial charge in [-0.3, -0.25) is 14.9 Å². The maximum atomic E-state index is 11.7. The molecule has 1 aliphatic rings. The Labute approximate surface area is 103 Å². The smallest absolute Gasteiger partial charge is 0.334 e. The van der Waals surface area contributed by atoms with Gasteiger partial charge in [0.05, 0.1) is 17.6 Å². The van der Waals surface area contributed by atoms with Crippen molar-refractivity contribution in [1.82, 2.24) is 9.88 Å². The van der Waals surface area contributed by atoms with Crippen molar-refractivity contribution in [2.24, 2.45) is 0 Å². The summed E-state index contributed by atoms with van der Waals surface area (Å²) < 4.78 is 1.16. The number of aliphatic hydroxyl groups excluding tert-OH is 1. The van der Waals surface area contributed by atoms with E-state index < -0.39 is 22.3 Å². The van der Waals surface area contributed by atoms with E-state index in [1.54, 1.807) is 0 Å².